The van der Waals surface area contributed by atoms with Crippen molar-refractivity contribution < 1.29 is 4.42 Å². The summed E-state index contributed by atoms with van der Waals surface area (Å²) in [5, 5.41) is 3.27. The minimum atomic E-state index is -0.319. The molecule has 110 valence electrons. The second kappa shape index (κ2) is 5.58. The van der Waals surface area contributed by atoms with Crippen LogP contribution in [0, 0.1) is 0 Å². The van der Waals surface area contributed by atoms with Crippen molar-refractivity contribution in [3.8, 4) is 0 Å². The molecule has 4 aromatic rings. The Morgan fingerprint density at radius 3 is 2.30 bits per heavy atom. The summed E-state index contributed by atoms with van der Waals surface area (Å²) < 4.78 is 5.36. The van der Waals surface area contributed by atoms with Crippen molar-refractivity contribution >= 4 is 33.9 Å². The summed E-state index contributed by atoms with van der Waals surface area (Å²) in [5.74, 6) is 0. The maximum absolute atomic E-state index is 12.1. The predicted octanol–water partition coefficient (Wildman–Crippen LogP) is 5.12. The Bertz CT molecular complexity index is 1080. The van der Waals surface area contributed by atoms with Gasteiger partial charge in [-0.15, -0.1) is 0 Å². The summed E-state index contributed by atoms with van der Waals surface area (Å²) in [6, 6.07) is 23.7. The zero-order chi connectivity index (χ0) is 15.6. The molecule has 2 nitrogen and oxygen atoms in total. The number of hydrogen-bond donors (Lipinski definition) is 0. The topological polar surface area (TPSA) is 30.2 Å². The summed E-state index contributed by atoms with van der Waals surface area (Å²) in [7, 11) is 0. The third-order valence-corrected chi connectivity index (χ3v) is 3.93. The highest BCUT2D eigenvalue weighted by molar-refractivity contribution is 5.93. The highest BCUT2D eigenvalue weighted by Gasteiger charge is 2.02. The smallest absolute Gasteiger partial charge is 0.343 e. The average molecular weight is 298 g/mol. The normalized spacial score (nSPS) is 11.5. The van der Waals surface area contributed by atoms with Gasteiger partial charge in [-0.3, -0.25) is 0 Å². The largest absolute Gasteiger partial charge is 0.422 e. The van der Waals surface area contributed by atoms with Crippen LogP contribution in [-0.2, 0) is 0 Å². The van der Waals surface area contributed by atoms with Crippen molar-refractivity contribution in [3.05, 3.63) is 94.3 Å². The van der Waals surface area contributed by atoms with Crippen LogP contribution in [0.1, 0.15) is 11.1 Å². The van der Waals surface area contributed by atoms with Crippen LogP contribution >= 0.6 is 0 Å². The summed E-state index contributed by atoms with van der Waals surface area (Å²) in [6.07, 6.45) is 3.78. The third-order valence-electron chi connectivity index (χ3n) is 3.93. The molecule has 4 rings (SSSR count). The lowest BCUT2D eigenvalue weighted by atomic mass is 10.0. The second-order valence-corrected chi connectivity index (χ2v) is 5.43. The van der Waals surface area contributed by atoms with Gasteiger partial charge in [-0.2, -0.15) is 0 Å². The molecule has 1 aromatic heterocycles. The minimum absolute atomic E-state index is 0.319. The lowest BCUT2D eigenvalue weighted by molar-refractivity contribution is 0.559. The van der Waals surface area contributed by atoms with Gasteiger partial charge in [0.1, 0.15) is 5.58 Å². The van der Waals surface area contributed by atoms with Crippen molar-refractivity contribution in [1.82, 2.24) is 0 Å². The van der Waals surface area contributed by atoms with Gasteiger partial charge in [0.25, 0.3) is 0 Å². The molecule has 0 unspecified atom stereocenters. The molecule has 0 bridgehead atoms. The molecule has 0 saturated carbocycles. The minimum Gasteiger partial charge on any atom is -0.422 e. The summed E-state index contributed by atoms with van der Waals surface area (Å²) in [5.41, 5.74) is 1.92. The van der Waals surface area contributed by atoms with E-state index >= 15 is 0 Å². The van der Waals surface area contributed by atoms with Gasteiger partial charge in [-0.05, 0) is 34.5 Å². The van der Waals surface area contributed by atoms with Crippen molar-refractivity contribution in [1.29, 1.82) is 0 Å². The lowest BCUT2D eigenvalue weighted by Crippen LogP contribution is -2.02. The van der Waals surface area contributed by atoms with Crippen LogP contribution < -0.4 is 5.63 Å². The average Bonchev–Trinajstić information content (AvgIpc) is 2.60. The first-order valence-corrected chi connectivity index (χ1v) is 7.50. The molecule has 0 aliphatic heterocycles. The molecular weight excluding hydrogens is 284 g/mol. The van der Waals surface area contributed by atoms with Gasteiger partial charge in [0.05, 0.1) is 5.56 Å². The fourth-order valence-electron chi connectivity index (χ4n) is 2.77. The first kappa shape index (κ1) is 13.5. The number of hydrogen-bond acceptors (Lipinski definition) is 2. The molecule has 0 saturated heterocycles. The molecule has 0 radical (unpaired) electrons. The molecule has 1 heterocycles. The molecule has 0 spiro atoms. The molecule has 0 aliphatic carbocycles. The van der Waals surface area contributed by atoms with E-state index in [2.05, 4.69) is 18.2 Å². The summed E-state index contributed by atoms with van der Waals surface area (Å²) in [6.45, 7) is 0. The van der Waals surface area contributed by atoms with Gasteiger partial charge < -0.3 is 4.42 Å². The molecule has 0 N–H and O–H groups in total. The summed E-state index contributed by atoms with van der Waals surface area (Å²) in [4.78, 5) is 12.1. The molecule has 0 fully saturated rings. The Labute approximate surface area is 133 Å². The Balaban J connectivity index is 1.82. The van der Waals surface area contributed by atoms with Gasteiger partial charge in [0, 0.05) is 5.39 Å². The molecule has 0 amide bonds. The Kier molecular flexibility index (Phi) is 3.28. The standard InChI is InChI=1S/C21H14O2/c22-21-18(14-17-7-2-4-11-20(17)23-21)13-12-16-9-5-8-15-6-1-3-10-19(15)16/h1-14H. The van der Waals surface area contributed by atoms with Gasteiger partial charge in [-0.25, -0.2) is 4.79 Å². The van der Waals surface area contributed by atoms with Crippen LogP contribution in [0.25, 0.3) is 33.9 Å². The van der Waals surface area contributed by atoms with Crippen LogP contribution in [0.3, 0.4) is 0 Å². The highest BCUT2D eigenvalue weighted by Crippen LogP contribution is 2.21. The zero-order valence-corrected chi connectivity index (χ0v) is 12.4. The van der Waals surface area contributed by atoms with E-state index in [0.29, 0.717) is 11.1 Å². The molecule has 3 aromatic carbocycles. The molecule has 0 atom stereocenters. The van der Waals surface area contributed by atoms with E-state index in [1.165, 1.54) is 5.39 Å². The van der Waals surface area contributed by atoms with E-state index in [-0.39, 0.29) is 5.63 Å². The third kappa shape index (κ3) is 2.55. The fraction of sp³-hybridized carbons (Fsp3) is 0. The summed E-state index contributed by atoms with van der Waals surface area (Å²) >= 11 is 0. The van der Waals surface area contributed by atoms with Gasteiger partial charge in [0.15, 0.2) is 0 Å². The monoisotopic (exact) mass is 298 g/mol. The van der Waals surface area contributed by atoms with Crippen molar-refractivity contribution in [2.24, 2.45) is 0 Å². The lowest BCUT2D eigenvalue weighted by Gasteiger charge is -2.02. The van der Waals surface area contributed by atoms with Crippen LogP contribution in [0.2, 0.25) is 0 Å². The highest BCUT2D eigenvalue weighted by atomic mass is 16.4. The number of benzene rings is 3. The molecule has 23 heavy (non-hydrogen) atoms. The Morgan fingerprint density at radius 1 is 0.696 bits per heavy atom. The number of rotatable bonds is 2. The molecule has 2 heteroatoms. The quantitative estimate of drug-likeness (QED) is 0.481. The molecule has 0 aliphatic rings. The van der Waals surface area contributed by atoms with Crippen LogP contribution in [0.4, 0.5) is 0 Å². The van der Waals surface area contributed by atoms with Crippen LogP contribution in [0.5, 0.6) is 0 Å². The van der Waals surface area contributed by atoms with Crippen LogP contribution in [-0.4, -0.2) is 0 Å². The Morgan fingerprint density at radius 2 is 1.39 bits per heavy atom. The van der Waals surface area contributed by atoms with E-state index in [1.54, 1.807) is 6.07 Å². The maximum Gasteiger partial charge on any atom is 0.343 e. The Hall–Kier alpha value is -3.13. The van der Waals surface area contributed by atoms with E-state index in [9.17, 15) is 4.79 Å². The fourth-order valence-corrected chi connectivity index (χ4v) is 2.77. The van der Waals surface area contributed by atoms with Crippen molar-refractivity contribution in [3.63, 3.8) is 0 Å². The van der Waals surface area contributed by atoms with Crippen LogP contribution in [0.15, 0.2) is 82.0 Å². The zero-order valence-electron chi connectivity index (χ0n) is 12.4. The van der Waals surface area contributed by atoms with E-state index < -0.39 is 0 Å². The first-order chi connectivity index (χ1) is 11.3. The van der Waals surface area contributed by atoms with Gasteiger partial charge in [0.2, 0.25) is 0 Å². The second-order valence-electron chi connectivity index (χ2n) is 5.43. The van der Waals surface area contributed by atoms with E-state index in [4.69, 9.17) is 4.42 Å². The van der Waals surface area contributed by atoms with Gasteiger partial charge in [-0.1, -0.05) is 66.7 Å². The van der Waals surface area contributed by atoms with E-state index in [0.717, 1.165) is 16.3 Å². The number of para-hydroxylation sites is 1. The first-order valence-electron chi connectivity index (χ1n) is 7.50. The SMILES string of the molecule is O=c1oc2ccccc2cc1C=Cc1cccc2ccccc12. The number of fused-ring (bicyclic) bond motifs is 2. The van der Waals surface area contributed by atoms with Gasteiger partial charge >= 0.3 is 5.63 Å². The molecular formula is C21H14O2. The predicted molar refractivity (Wildman–Crippen MR) is 95.4 cm³/mol. The van der Waals surface area contributed by atoms with Crippen molar-refractivity contribution in [2.75, 3.05) is 0 Å². The van der Waals surface area contributed by atoms with E-state index in [1.807, 2.05) is 60.7 Å². The maximum atomic E-state index is 12.1. The van der Waals surface area contributed by atoms with Crippen molar-refractivity contribution in [2.45, 2.75) is 0 Å².